The number of anilines is 1. The molecule has 0 radical (unpaired) electrons. The second kappa shape index (κ2) is 8.74. The number of alkyl halides is 3. The molecule has 2 unspecified atom stereocenters. The number of nitrogens with zero attached hydrogens (tertiary/aromatic N) is 3. The van der Waals surface area contributed by atoms with Gasteiger partial charge in [-0.2, -0.15) is 18.3 Å². The summed E-state index contributed by atoms with van der Waals surface area (Å²) in [5.41, 5.74) is 2.22. The minimum Gasteiger partial charge on any atom is -0.311 e. The molecule has 2 rings (SSSR count). The number of carbonyl (C=O) groups is 2. The van der Waals surface area contributed by atoms with E-state index in [-0.39, 0.29) is 17.1 Å². The highest BCUT2D eigenvalue weighted by Crippen LogP contribution is 2.34. The van der Waals surface area contributed by atoms with Gasteiger partial charge in [0, 0.05) is 24.7 Å². The maximum absolute atomic E-state index is 13.5. The van der Waals surface area contributed by atoms with E-state index in [9.17, 15) is 22.8 Å². The third kappa shape index (κ3) is 5.71. The number of rotatable bonds is 6. The standard InChI is InChI=1S/C17H18F3N5O3/c1-9-7-12(8-14(22-9)23-11(3)26)10(2)15(17(18,19)20)28-25-16(27)13-5-4-6-21-24-13/h4-8,10,15H,1-3H3,(H,25,27)(H,22,23,26). The van der Waals surface area contributed by atoms with Crippen LogP contribution >= 0.6 is 0 Å². The van der Waals surface area contributed by atoms with Gasteiger partial charge < -0.3 is 5.32 Å². The first-order valence-electron chi connectivity index (χ1n) is 8.14. The van der Waals surface area contributed by atoms with E-state index < -0.39 is 30.0 Å². The largest absolute Gasteiger partial charge is 0.417 e. The first kappa shape index (κ1) is 21.2. The first-order chi connectivity index (χ1) is 13.1. The molecular formula is C17H18F3N5O3. The van der Waals surface area contributed by atoms with Crippen LogP contribution in [0.4, 0.5) is 19.0 Å². The van der Waals surface area contributed by atoms with Gasteiger partial charge in [-0.1, -0.05) is 6.92 Å². The van der Waals surface area contributed by atoms with Gasteiger partial charge in [0.15, 0.2) is 11.8 Å². The maximum atomic E-state index is 13.5. The minimum atomic E-state index is -4.78. The van der Waals surface area contributed by atoms with Crippen LogP contribution in [0.3, 0.4) is 0 Å². The molecule has 8 nitrogen and oxygen atoms in total. The lowest BCUT2D eigenvalue weighted by Crippen LogP contribution is -2.42. The van der Waals surface area contributed by atoms with Crippen molar-refractivity contribution in [2.75, 3.05) is 5.32 Å². The molecule has 2 atom stereocenters. The molecule has 2 N–H and O–H groups in total. The summed E-state index contributed by atoms with van der Waals surface area (Å²) in [6, 6.07) is 5.47. The molecule has 150 valence electrons. The molecule has 2 amide bonds. The summed E-state index contributed by atoms with van der Waals surface area (Å²) in [6.45, 7) is 4.14. The van der Waals surface area contributed by atoms with E-state index in [1.165, 1.54) is 44.3 Å². The monoisotopic (exact) mass is 397 g/mol. The topological polar surface area (TPSA) is 106 Å². The van der Waals surface area contributed by atoms with Crippen LogP contribution in [-0.4, -0.2) is 39.3 Å². The van der Waals surface area contributed by atoms with Gasteiger partial charge >= 0.3 is 6.18 Å². The van der Waals surface area contributed by atoms with E-state index in [0.29, 0.717) is 5.69 Å². The SMILES string of the molecule is CC(=O)Nc1cc(C(C)C(ONC(=O)c2cccnn2)C(F)(F)F)cc(C)n1. The van der Waals surface area contributed by atoms with Gasteiger partial charge in [0.1, 0.15) is 5.82 Å². The number of pyridine rings is 1. The normalized spacial score (nSPS) is 13.5. The Morgan fingerprint density at radius 3 is 2.54 bits per heavy atom. The number of hydroxylamine groups is 1. The lowest BCUT2D eigenvalue weighted by Gasteiger charge is -2.26. The maximum Gasteiger partial charge on any atom is 0.417 e. The zero-order chi connectivity index (χ0) is 20.9. The molecule has 11 heteroatoms. The van der Waals surface area contributed by atoms with Crippen LogP contribution in [0.25, 0.3) is 0 Å². The van der Waals surface area contributed by atoms with Gasteiger partial charge in [-0.25, -0.2) is 10.5 Å². The number of amides is 2. The van der Waals surface area contributed by atoms with E-state index in [2.05, 4.69) is 20.5 Å². The predicted octanol–water partition coefficient (Wildman–Crippen LogP) is 2.53. The first-order valence-corrected chi connectivity index (χ1v) is 8.14. The van der Waals surface area contributed by atoms with Crippen molar-refractivity contribution in [3.63, 3.8) is 0 Å². The minimum absolute atomic E-state index is 0.124. The molecular weight excluding hydrogens is 379 g/mol. The summed E-state index contributed by atoms with van der Waals surface area (Å²) in [4.78, 5) is 31.9. The molecule has 0 spiro atoms. The molecule has 0 saturated carbocycles. The molecule has 0 aliphatic rings. The number of hydrogen-bond donors (Lipinski definition) is 2. The second-order valence-corrected chi connectivity index (χ2v) is 6.02. The number of halogens is 3. The molecule has 0 bridgehead atoms. The fourth-order valence-electron chi connectivity index (χ4n) is 2.42. The molecule has 2 aromatic heterocycles. The Hall–Kier alpha value is -3.08. The van der Waals surface area contributed by atoms with E-state index in [4.69, 9.17) is 4.84 Å². The summed E-state index contributed by atoms with van der Waals surface area (Å²) in [5, 5.41) is 9.41. The van der Waals surface area contributed by atoms with Crippen LogP contribution in [0.5, 0.6) is 0 Å². The van der Waals surface area contributed by atoms with Crippen molar-refractivity contribution in [1.29, 1.82) is 0 Å². The van der Waals surface area contributed by atoms with Crippen molar-refractivity contribution in [3.05, 3.63) is 47.4 Å². The number of carbonyl (C=O) groups excluding carboxylic acids is 2. The van der Waals surface area contributed by atoms with Crippen molar-refractivity contribution in [3.8, 4) is 0 Å². The van der Waals surface area contributed by atoms with Gasteiger partial charge in [-0.3, -0.25) is 14.4 Å². The Bertz CT molecular complexity index is 846. The smallest absolute Gasteiger partial charge is 0.311 e. The molecule has 0 fully saturated rings. The van der Waals surface area contributed by atoms with Crippen molar-refractivity contribution in [2.24, 2.45) is 0 Å². The van der Waals surface area contributed by atoms with Gasteiger partial charge in [-0.05, 0) is 36.8 Å². The Kier molecular flexibility index (Phi) is 6.62. The molecule has 0 aromatic carbocycles. The molecule has 2 heterocycles. The fourth-order valence-corrected chi connectivity index (χ4v) is 2.42. The Morgan fingerprint density at radius 1 is 1.25 bits per heavy atom. The molecule has 0 saturated heterocycles. The summed E-state index contributed by atoms with van der Waals surface area (Å²) >= 11 is 0. The zero-order valence-corrected chi connectivity index (χ0v) is 15.2. The quantitative estimate of drug-likeness (QED) is 0.726. The van der Waals surface area contributed by atoms with Crippen molar-refractivity contribution >= 4 is 17.6 Å². The highest BCUT2D eigenvalue weighted by molar-refractivity contribution is 5.91. The van der Waals surface area contributed by atoms with Crippen LogP contribution in [0, 0.1) is 6.92 Å². The lowest BCUT2D eigenvalue weighted by molar-refractivity contribution is -0.238. The number of hydrogen-bond acceptors (Lipinski definition) is 6. The van der Waals surface area contributed by atoms with Gasteiger partial charge in [0.25, 0.3) is 5.91 Å². The average Bonchev–Trinajstić information content (AvgIpc) is 2.60. The van der Waals surface area contributed by atoms with Gasteiger partial charge in [0.2, 0.25) is 5.91 Å². The molecule has 2 aromatic rings. The number of aromatic nitrogens is 3. The van der Waals surface area contributed by atoms with Crippen LogP contribution in [0.2, 0.25) is 0 Å². The molecule has 0 aliphatic heterocycles. The Morgan fingerprint density at radius 2 is 1.96 bits per heavy atom. The Balaban J connectivity index is 2.22. The highest BCUT2D eigenvalue weighted by Gasteiger charge is 2.46. The van der Waals surface area contributed by atoms with Crippen LogP contribution in [-0.2, 0) is 9.63 Å². The Labute approximate surface area is 158 Å². The lowest BCUT2D eigenvalue weighted by atomic mass is 9.95. The summed E-state index contributed by atoms with van der Waals surface area (Å²) in [5.74, 6) is -2.45. The van der Waals surface area contributed by atoms with E-state index in [0.717, 1.165) is 0 Å². The van der Waals surface area contributed by atoms with Crippen LogP contribution < -0.4 is 10.8 Å². The average molecular weight is 397 g/mol. The number of aryl methyl sites for hydroxylation is 1. The third-order valence-corrected chi connectivity index (χ3v) is 3.67. The highest BCUT2D eigenvalue weighted by atomic mass is 19.4. The molecule has 28 heavy (non-hydrogen) atoms. The second-order valence-electron chi connectivity index (χ2n) is 6.02. The predicted molar refractivity (Wildman–Crippen MR) is 92.1 cm³/mol. The summed E-state index contributed by atoms with van der Waals surface area (Å²) in [6.07, 6.45) is -5.81. The van der Waals surface area contributed by atoms with Gasteiger partial charge in [0.05, 0.1) is 0 Å². The fraction of sp³-hybridized carbons (Fsp3) is 0.353. The van der Waals surface area contributed by atoms with E-state index in [1.807, 2.05) is 0 Å². The van der Waals surface area contributed by atoms with Gasteiger partial charge in [-0.15, -0.1) is 5.10 Å². The number of nitrogens with one attached hydrogen (secondary N) is 2. The molecule has 0 aliphatic carbocycles. The summed E-state index contributed by atoms with van der Waals surface area (Å²) < 4.78 is 40.6. The van der Waals surface area contributed by atoms with E-state index >= 15 is 0 Å². The van der Waals surface area contributed by atoms with Crippen LogP contribution in [0.15, 0.2) is 30.5 Å². The van der Waals surface area contributed by atoms with Crippen molar-refractivity contribution in [1.82, 2.24) is 20.7 Å². The zero-order valence-electron chi connectivity index (χ0n) is 15.2. The third-order valence-electron chi connectivity index (χ3n) is 3.67. The van der Waals surface area contributed by atoms with E-state index in [1.54, 1.807) is 12.4 Å². The summed E-state index contributed by atoms with van der Waals surface area (Å²) in [7, 11) is 0. The van der Waals surface area contributed by atoms with Crippen molar-refractivity contribution in [2.45, 2.75) is 39.0 Å². The van der Waals surface area contributed by atoms with Crippen molar-refractivity contribution < 1.29 is 27.6 Å². The van der Waals surface area contributed by atoms with Crippen LogP contribution in [0.1, 0.15) is 41.5 Å².